The van der Waals surface area contributed by atoms with Gasteiger partial charge in [-0.05, 0) is 34.6 Å². The van der Waals surface area contributed by atoms with Gasteiger partial charge in [0.1, 0.15) is 5.54 Å². The summed E-state index contributed by atoms with van der Waals surface area (Å²) in [5, 5.41) is 11.0. The van der Waals surface area contributed by atoms with Crippen LogP contribution in [0.5, 0.6) is 0 Å². The minimum Gasteiger partial charge on any atom is -0.461 e. The number of nitro groups is 1. The molecule has 0 bridgehead atoms. The van der Waals surface area contributed by atoms with Crippen LogP contribution in [-0.4, -0.2) is 32.4 Å². The number of halogens is 4. The largest absolute Gasteiger partial charge is 0.461 e. The van der Waals surface area contributed by atoms with E-state index in [1.165, 1.54) is 27.7 Å². The van der Waals surface area contributed by atoms with Crippen LogP contribution in [0, 0.1) is 21.7 Å². The van der Waals surface area contributed by atoms with Crippen LogP contribution in [0.4, 0.5) is 23.2 Å². The molecule has 0 saturated heterocycles. The van der Waals surface area contributed by atoms with E-state index in [2.05, 4.69) is 4.74 Å². The van der Waals surface area contributed by atoms with Crippen LogP contribution in [-0.2, 0) is 26.1 Å². The molecule has 0 spiro atoms. The first kappa shape index (κ1) is 24.0. The Labute approximate surface area is 161 Å². The van der Waals surface area contributed by atoms with E-state index in [9.17, 15) is 27.9 Å². The Morgan fingerprint density at radius 3 is 2.21 bits per heavy atom. The van der Waals surface area contributed by atoms with Crippen molar-refractivity contribution in [3.8, 4) is 0 Å². The molecule has 1 aromatic rings. The van der Waals surface area contributed by atoms with Gasteiger partial charge in [-0.25, -0.2) is 22.5 Å². The summed E-state index contributed by atoms with van der Waals surface area (Å²) < 4.78 is 75.9. The van der Waals surface area contributed by atoms with Crippen molar-refractivity contribution in [1.82, 2.24) is 4.72 Å². The molecule has 0 heterocycles. The molecule has 1 N–H and O–H groups in total. The highest BCUT2D eigenvalue weighted by atomic mass is 32.2. The van der Waals surface area contributed by atoms with Gasteiger partial charge in [0.2, 0.25) is 0 Å². The topological polar surface area (TPSA) is 98.5 Å². The van der Waals surface area contributed by atoms with E-state index in [-0.39, 0.29) is 6.07 Å². The third kappa shape index (κ3) is 4.49. The maximum Gasteiger partial charge on any atom is 0.379 e. The monoisotopic (exact) mass is 428 g/mol. The number of hydrogen-bond donors (Lipinski definition) is 1. The van der Waals surface area contributed by atoms with Crippen LogP contribution in [0.15, 0.2) is 12.1 Å². The van der Waals surface area contributed by atoms with Crippen LogP contribution < -0.4 is 4.72 Å². The van der Waals surface area contributed by atoms with E-state index in [0.29, 0.717) is 13.0 Å². The Morgan fingerprint density at radius 2 is 1.79 bits per heavy atom. The number of esters is 1. The number of ether oxygens (including phenoxy) is 1. The number of carbonyl (C=O) groups is 1. The summed E-state index contributed by atoms with van der Waals surface area (Å²) in [5.74, 6) is -10.3. The summed E-state index contributed by atoms with van der Waals surface area (Å²) in [4.78, 5) is 21.7. The predicted octanol–water partition coefficient (Wildman–Crippen LogP) is 3.34. The fourth-order valence-electron chi connectivity index (χ4n) is 2.10. The molecule has 0 aromatic heterocycles. The molecule has 0 aliphatic carbocycles. The van der Waals surface area contributed by atoms with Gasteiger partial charge in [0.05, 0.1) is 33.3 Å². The van der Waals surface area contributed by atoms with Gasteiger partial charge < -0.3 is 4.74 Å². The number of non-ortho nitro benzene ring substituents is 1. The Kier molecular flexibility index (Phi) is 6.94. The van der Waals surface area contributed by atoms with Gasteiger partial charge >= 0.3 is 11.9 Å². The van der Waals surface area contributed by atoms with E-state index >= 15 is 8.78 Å². The Morgan fingerprint density at radius 1 is 1.25 bits per heavy atom. The molecule has 2 atom stereocenters. The maximum absolute atomic E-state index is 15.0. The van der Waals surface area contributed by atoms with E-state index < -0.39 is 67.6 Å². The fourth-order valence-corrected chi connectivity index (χ4v) is 3.01. The standard InChI is InChI=1S/C16H20F4N2O5S/c1-6-27-13(23)16(19,20)15(5,21-28(26)14(2,3)4)10-7-9(22(24)25)8-11(17)12(10)18/h7-8,21H,6H2,1-5H3. The highest BCUT2D eigenvalue weighted by molar-refractivity contribution is 7.84. The lowest BCUT2D eigenvalue weighted by atomic mass is 9.85. The number of nitrogens with zero attached hydrogens (tertiary/aromatic N) is 1. The second-order valence-corrected chi connectivity index (χ2v) is 8.92. The predicted molar refractivity (Wildman–Crippen MR) is 93.0 cm³/mol. The van der Waals surface area contributed by atoms with E-state index in [4.69, 9.17) is 0 Å². The molecule has 0 aliphatic heterocycles. The van der Waals surface area contributed by atoms with Crippen molar-refractivity contribution in [2.24, 2.45) is 0 Å². The second-order valence-electron chi connectivity index (χ2n) is 6.95. The summed E-state index contributed by atoms with van der Waals surface area (Å²) in [6, 6.07) is 0.570. The van der Waals surface area contributed by atoms with Crippen LogP contribution in [0.3, 0.4) is 0 Å². The second kappa shape index (κ2) is 8.11. The summed E-state index contributed by atoms with van der Waals surface area (Å²) in [5.41, 5.74) is -5.40. The van der Waals surface area contributed by atoms with Gasteiger partial charge in [0.15, 0.2) is 11.6 Å². The first-order valence-electron chi connectivity index (χ1n) is 7.98. The Hall–Kier alpha value is -2.08. The maximum atomic E-state index is 15.0. The zero-order valence-electron chi connectivity index (χ0n) is 15.8. The number of nitro benzene ring substituents is 1. The number of hydrogen-bond acceptors (Lipinski definition) is 5. The summed E-state index contributed by atoms with van der Waals surface area (Å²) >= 11 is 0. The van der Waals surface area contributed by atoms with Crippen molar-refractivity contribution in [2.45, 2.75) is 50.8 Å². The van der Waals surface area contributed by atoms with E-state index in [1.807, 2.05) is 4.72 Å². The molecule has 1 aromatic carbocycles. The van der Waals surface area contributed by atoms with Crippen molar-refractivity contribution in [2.75, 3.05) is 6.61 Å². The average molecular weight is 428 g/mol. The molecule has 1 rings (SSSR count). The van der Waals surface area contributed by atoms with Gasteiger partial charge in [-0.15, -0.1) is 0 Å². The minimum atomic E-state index is -4.56. The summed E-state index contributed by atoms with van der Waals surface area (Å²) in [7, 11) is -2.30. The SMILES string of the molecule is CCOC(=O)C(F)(F)C(C)(NS(=O)C(C)(C)C)c1cc([N+](=O)[O-])cc(F)c1F. The number of alkyl halides is 2. The lowest BCUT2D eigenvalue weighted by Crippen LogP contribution is -2.60. The molecule has 2 unspecified atom stereocenters. The number of rotatable bonds is 7. The van der Waals surface area contributed by atoms with E-state index in [0.717, 1.165) is 0 Å². The van der Waals surface area contributed by atoms with Crippen molar-refractivity contribution in [3.63, 3.8) is 0 Å². The average Bonchev–Trinajstić information content (AvgIpc) is 2.55. The normalized spacial score (nSPS) is 15.6. The number of nitrogens with one attached hydrogen (secondary N) is 1. The van der Waals surface area contributed by atoms with E-state index in [1.54, 1.807) is 0 Å². The first-order valence-corrected chi connectivity index (χ1v) is 9.13. The zero-order chi connectivity index (χ0) is 22.1. The smallest absolute Gasteiger partial charge is 0.379 e. The molecule has 28 heavy (non-hydrogen) atoms. The fraction of sp³-hybridized carbons (Fsp3) is 0.562. The molecule has 0 fully saturated rings. The van der Waals surface area contributed by atoms with Crippen LogP contribution >= 0.6 is 0 Å². The van der Waals surface area contributed by atoms with Gasteiger partial charge in [-0.3, -0.25) is 10.1 Å². The molecule has 158 valence electrons. The summed E-state index contributed by atoms with van der Waals surface area (Å²) in [6.45, 7) is 5.61. The number of benzene rings is 1. The first-order chi connectivity index (χ1) is 12.6. The highest BCUT2D eigenvalue weighted by Crippen LogP contribution is 2.42. The third-order valence-corrected chi connectivity index (χ3v) is 5.48. The van der Waals surface area contributed by atoms with Crippen molar-refractivity contribution in [3.05, 3.63) is 39.4 Å². The van der Waals surface area contributed by atoms with Gasteiger partial charge in [0, 0.05) is 11.6 Å². The van der Waals surface area contributed by atoms with Gasteiger partial charge in [0.25, 0.3) is 5.69 Å². The van der Waals surface area contributed by atoms with Crippen molar-refractivity contribution in [1.29, 1.82) is 0 Å². The van der Waals surface area contributed by atoms with Crippen molar-refractivity contribution < 1.29 is 36.2 Å². The molecular formula is C16H20F4N2O5S. The van der Waals surface area contributed by atoms with Crippen LogP contribution in [0.1, 0.15) is 40.2 Å². The van der Waals surface area contributed by atoms with Crippen molar-refractivity contribution >= 4 is 22.6 Å². The lowest BCUT2D eigenvalue weighted by Gasteiger charge is -2.38. The van der Waals surface area contributed by atoms with Crippen LogP contribution in [0.2, 0.25) is 0 Å². The van der Waals surface area contributed by atoms with Gasteiger partial charge in [-0.2, -0.15) is 8.78 Å². The molecule has 7 nitrogen and oxygen atoms in total. The minimum absolute atomic E-state index is 0.211. The molecule has 0 radical (unpaired) electrons. The summed E-state index contributed by atoms with van der Waals surface area (Å²) in [6.07, 6.45) is 0. The zero-order valence-corrected chi connectivity index (χ0v) is 16.6. The van der Waals surface area contributed by atoms with Crippen LogP contribution in [0.25, 0.3) is 0 Å². The molecule has 12 heteroatoms. The van der Waals surface area contributed by atoms with Gasteiger partial charge in [-0.1, -0.05) is 0 Å². The highest BCUT2D eigenvalue weighted by Gasteiger charge is 2.61. The number of carbonyl (C=O) groups excluding carboxylic acids is 1. The Balaban J connectivity index is 3.81. The third-order valence-electron chi connectivity index (χ3n) is 3.78. The molecule has 0 saturated carbocycles. The molecular weight excluding hydrogens is 408 g/mol. The lowest BCUT2D eigenvalue weighted by molar-refractivity contribution is -0.385. The molecule has 0 amide bonds. The Bertz CT molecular complexity index is 813. The molecule has 0 aliphatic rings. The quantitative estimate of drug-likeness (QED) is 0.311.